The summed E-state index contributed by atoms with van der Waals surface area (Å²) in [7, 11) is 1.37. The molecule has 12 heteroatoms. The number of alkyl carbamates (subject to hydrolysis) is 1. The van der Waals surface area contributed by atoms with Crippen molar-refractivity contribution in [3.63, 3.8) is 0 Å². The summed E-state index contributed by atoms with van der Waals surface area (Å²) >= 11 is 5.80. The normalized spacial score (nSPS) is 12.6. The van der Waals surface area contributed by atoms with Crippen LogP contribution in [0, 0.1) is 12.7 Å². The fourth-order valence-electron chi connectivity index (χ4n) is 2.84. The molecular formula is C22H25ClF4N4O3. The Hall–Kier alpha value is -3.08. The van der Waals surface area contributed by atoms with Crippen LogP contribution in [0.25, 0.3) is 0 Å². The first-order valence-corrected chi connectivity index (χ1v) is 10.5. The molecule has 1 heterocycles. The van der Waals surface area contributed by atoms with Gasteiger partial charge in [0.05, 0.1) is 17.1 Å². The summed E-state index contributed by atoms with van der Waals surface area (Å²) < 4.78 is 58.3. The fourth-order valence-corrected chi connectivity index (χ4v) is 3.01. The lowest BCUT2D eigenvalue weighted by Gasteiger charge is -2.26. The van der Waals surface area contributed by atoms with Crippen LogP contribution in [0.3, 0.4) is 0 Å². The molecule has 1 aromatic carbocycles. The van der Waals surface area contributed by atoms with Gasteiger partial charge in [0.2, 0.25) is 0 Å². The Labute approximate surface area is 199 Å². The number of amides is 2. The predicted molar refractivity (Wildman–Crippen MR) is 120 cm³/mol. The molecule has 2 aromatic rings. The van der Waals surface area contributed by atoms with E-state index in [4.69, 9.17) is 16.3 Å². The van der Waals surface area contributed by atoms with E-state index in [9.17, 15) is 27.2 Å². The maximum Gasteiger partial charge on any atom is 0.416 e. The molecule has 0 spiro atoms. The highest BCUT2D eigenvalue weighted by Crippen LogP contribution is 2.31. The molecule has 1 atom stereocenters. The van der Waals surface area contributed by atoms with Crippen LogP contribution < -0.4 is 15.5 Å². The molecule has 0 fully saturated rings. The third-order valence-electron chi connectivity index (χ3n) is 4.37. The molecule has 0 bridgehead atoms. The van der Waals surface area contributed by atoms with Gasteiger partial charge < -0.3 is 20.3 Å². The number of aromatic nitrogens is 1. The third kappa shape index (κ3) is 7.75. The molecule has 0 aliphatic rings. The topological polar surface area (TPSA) is 83.6 Å². The van der Waals surface area contributed by atoms with Gasteiger partial charge >= 0.3 is 12.3 Å². The summed E-state index contributed by atoms with van der Waals surface area (Å²) in [4.78, 5) is 30.4. The minimum absolute atomic E-state index is 0.0716. The van der Waals surface area contributed by atoms with Crippen LogP contribution in [0.15, 0.2) is 30.3 Å². The predicted octanol–water partition coefficient (Wildman–Crippen LogP) is 5.17. The largest absolute Gasteiger partial charge is 0.444 e. The second-order valence-electron chi connectivity index (χ2n) is 8.46. The van der Waals surface area contributed by atoms with Crippen LogP contribution in [0.2, 0.25) is 5.02 Å². The summed E-state index contributed by atoms with van der Waals surface area (Å²) in [6.07, 6.45) is -5.45. The average Bonchev–Trinajstić information content (AvgIpc) is 2.69. The molecule has 2 amide bonds. The number of nitrogens with one attached hydrogen (secondary N) is 2. The highest BCUT2D eigenvalue weighted by molar-refractivity contribution is 6.31. The van der Waals surface area contributed by atoms with Crippen molar-refractivity contribution in [1.82, 2.24) is 10.3 Å². The Balaban J connectivity index is 2.33. The molecule has 0 aliphatic carbocycles. The molecule has 1 aromatic heterocycles. The number of benzene rings is 1. The molecule has 1 unspecified atom stereocenters. The van der Waals surface area contributed by atoms with Gasteiger partial charge in [0.15, 0.2) is 0 Å². The maximum absolute atomic E-state index is 13.5. The maximum atomic E-state index is 13.5. The summed E-state index contributed by atoms with van der Waals surface area (Å²) in [5.74, 6) is -1.56. The third-order valence-corrected chi connectivity index (χ3v) is 4.66. The van der Waals surface area contributed by atoms with E-state index >= 15 is 0 Å². The minimum atomic E-state index is -4.62. The van der Waals surface area contributed by atoms with E-state index in [1.807, 2.05) is 0 Å². The molecule has 186 valence electrons. The van der Waals surface area contributed by atoms with Crippen molar-refractivity contribution in [2.75, 3.05) is 23.8 Å². The second-order valence-corrected chi connectivity index (χ2v) is 8.86. The van der Waals surface area contributed by atoms with Gasteiger partial charge in [-0.1, -0.05) is 11.6 Å². The van der Waals surface area contributed by atoms with Crippen molar-refractivity contribution < 1.29 is 31.9 Å². The molecule has 34 heavy (non-hydrogen) atoms. The molecular weight excluding hydrogens is 480 g/mol. The van der Waals surface area contributed by atoms with Crippen molar-refractivity contribution in [2.24, 2.45) is 0 Å². The summed E-state index contributed by atoms with van der Waals surface area (Å²) in [6, 6.07) is 3.98. The SMILES string of the molecule is Cc1cc(C(F)(F)F)cc(NC(CNC(=O)OC(C)(C)C)C(=O)N(C)c2ccc(F)c(Cl)c2)n1. The first-order chi connectivity index (χ1) is 15.6. The Morgan fingerprint density at radius 1 is 1.18 bits per heavy atom. The number of carbonyl (C=O) groups excluding carboxylic acids is 2. The average molecular weight is 505 g/mol. The number of aryl methyl sites for hydroxylation is 1. The number of hydrogen-bond acceptors (Lipinski definition) is 5. The number of carbonyl (C=O) groups is 2. The number of alkyl halides is 3. The fraction of sp³-hybridized carbons (Fsp3) is 0.409. The van der Waals surface area contributed by atoms with Gasteiger partial charge in [0.25, 0.3) is 5.91 Å². The number of pyridine rings is 1. The van der Waals surface area contributed by atoms with E-state index < -0.39 is 41.2 Å². The van der Waals surface area contributed by atoms with Crippen molar-refractivity contribution in [2.45, 2.75) is 45.5 Å². The van der Waals surface area contributed by atoms with Gasteiger partial charge in [-0.05, 0) is 58.0 Å². The summed E-state index contributed by atoms with van der Waals surface area (Å²) in [6.45, 7) is 5.98. The lowest BCUT2D eigenvalue weighted by Crippen LogP contribution is -2.48. The molecule has 0 saturated carbocycles. The van der Waals surface area contributed by atoms with Crippen molar-refractivity contribution in [3.8, 4) is 0 Å². The highest BCUT2D eigenvalue weighted by Gasteiger charge is 2.32. The van der Waals surface area contributed by atoms with E-state index in [0.29, 0.717) is 0 Å². The molecule has 2 rings (SSSR count). The van der Waals surface area contributed by atoms with E-state index in [2.05, 4.69) is 15.6 Å². The monoisotopic (exact) mass is 504 g/mol. The van der Waals surface area contributed by atoms with Crippen molar-refractivity contribution in [3.05, 3.63) is 52.4 Å². The zero-order valence-electron chi connectivity index (χ0n) is 19.2. The number of ether oxygens (including phenoxy) is 1. The second kappa shape index (κ2) is 10.5. The van der Waals surface area contributed by atoms with Crippen molar-refractivity contribution >= 4 is 35.1 Å². The molecule has 2 N–H and O–H groups in total. The van der Waals surface area contributed by atoms with E-state index in [1.165, 1.54) is 26.1 Å². The number of rotatable bonds is 6. The van der Waals surface area contributed by atoms with Crippen LogP contribution in [0.5, 0.6) is 0 Å². The van der Waals surface area contributed by atoms with Gasteiger partial charge in [-0.15, -0.1) is 0 Å². The van der Waals surface area contributed by atoms with Gasteiger partial charge in [-0.25, -0.2) is 14.2 Å². The van der Waals surface area contributed by atoms with Gasteiger partial charge in [0, 0.05) is 18.4 Å². The Morgan fingerprint density at radius 2 is 1.82 bits per heavy atom. The summed E-state index contributed by atoms with van der Waals surface area (Å²) in [5.41, 5.74) is -1.46. The lowest BCUT2D eigenvalue weighted by atomic mass is 10.2. The van der Waals surface area contributed by atoms with Crippen LogP contribution in [0.4, 0.5) is 33.9 Å². The summed E-state index contributed by atoms with van der Waals surface area (Å²) in [5, 5.41) is 4.85. The standard InChI is InChI=1S/C22H25ClF4N4O3/c1-12-8-13(22(25,26)27)9-18(29-12)30-17(11-28-20(33)34-21(2,3)4)19(32)31(5)14-6-7-16(24)15(23)10-14/h6-10,17H,11H2,1-5H3,(H,28,33)(H,29,30). The van der Waals surface area contributed by atoms with Gasteiger partial charge in [-0.2, -0.15) is 13.2 Å². The minimum Gasteiger partial charge on any atom is -0.444 e. The van der Waals surface area contributed by atoms with Crippen LogP contribution in [-0.4, -0.2) is 42.2 Å². The number of hydrogen-bond donors (Lipinski definition) is 2. The smallest absolute Gasteiger partial charge is 0.416 e. The molecule has 0 aliphatic heterocycles. The highest BCUT2D eigenvalue weighted by atomic mass is 35.5. The Bertz CT molecular complexity index is 1060. The van der Waals surface area contributed by atoms with Gasteiger partial charge in [-0.3, -0.25) is 4.79 Å². The number of halogens is 5. The van der Waals surface area contributed by atoms with E-state index in [-0.39, 0.29) is 28.8 Å². The quantitative estimate of drug-likeness (QED) is 0.530. The number of nitrogens with zero attached hydrogens (tertiary/aromatic N) is 2. The zero-order valence-corrected chi connectivity index (χ0v) is 19.9. The first kappa shape index (κ1) is 27.2. The van der Waals surface area contributed by atoms with Crippen LogP contribution in [-0.2, 0) is 15.7 Å². The van der Waals surface area contributed by atoms with Gasteiger partial charge in [0.1, 0.15) is 23.3 Å². The zero-order chi connectivity index (χ0) is 25.8. The number of likely N-dealkylation sites (N-methyl/N-ethyl adjacent to an activating group) is 1. The molecule has 0 saturated heterocycles. The molecule has 0 radical (unpaired) electrons. The molecule has 7 nitrogen and oxygen atoms in total. The lowest BCUT2D eigenvalue weighted by molar-refractivity contribution is -0.137. The Kier molecular flexibility index (Phi) is 8.35. The van der Waals surface area contributed by atoms with Crippen LogP contribution in [0.1, 0.15) is 32.0 Å². The van der Waals surface area contributed by atoms with Crippen LogP contribution >= 0.6 is 11.6 Å². The first-order valence-electron chi connectivity index (χ1n) is 10.1. The van der Waals surface area contributed by atoms with Crippen molar-refractivity contribution in [1.29, 1.82) is 0 Å². The van der Waals surface area contributed by atoms with E-state index in [1.54, 1.807) is 20.8 Å². The van der Waals surface area contributed by atoms with E-state index in [0.717, 1.165) is 23.1 Å². The Morgan fingerprint density at radius 3 is 2.38 bits per heavy atom. The number of anilines is 2.